The Morgan fingerprint density at radius 2 is 1.78 bits per heavy atom. The molecule has 2 unspecified atom stereocenters. The fraction of sp³-hybridized carbons (Fsp3) is 0.480. The van der Waals surface area contributed by atoms with Gasteiger partial charge in [0.25, 0.3) is 0 Å². The van der Waals surface area contributed by atoms with Gasteiger partial charge in [-0.15, -0.1) is 0 Å². The minimum atomic E-state index is -3.43. The summed E-state index contributed by atoms with van der Waals surface area (Å²) in [7, 11) is -3.43. The summed E-state index contributed by atoms with van der Waals surface area (Å²) in [6.07, 6.45) is 3.22. The van der Waals surface area contributed by atoms with Crippen LogP contribution in [0.3, 0.4) is 0 Å². The van der Waals surface area contributed by atoms with Crippen molar-refractivity contribution in [3.8, 4) is 11.1 Å². The summed E-state index contributed by atoms with van der Waals surface area (Å²) in [5.41, 5.74) is 3.07. The van der Waals surface area contributed by atoms with Crippen LogP contribution in [0, 0.1) is 11.3 Å². The monoisotopic (exact) mass is 456 g/mol. The Morgan fingerprint density at radius 3 is 2.41 bits per heavy atom. The molecule has 5 nitrogen and oxygen atoms in total. The van der Waals surface area contributed by atoms with E-state index in [1.54, 1.807) is 0 Å². The molecule has 32 heavy (non-hydrogen) atoms. The molecule has 1 heterocycles. The highest BCUT2D eigenvalue weighted by Crippen LogP contribution is 2.56. The molecule has 0 bridgehead atoms. The number of hydrogen-bond acceptors (Lipinski definition) is 3. The van der Waals surface area contributed by atoms with Gasteiger partial charge in [-0.3, -0.25) is 4.79 Å². The van der Waals surface area contributed by atoms with Crippen molar-refractivity contribution in [1.82, 2.24) is 9.62 Å². The summed E-state index contributed by atoms with van der Waals surface area (Å²) in [6, 6.07) is 17.7. The number of hydrogen-bond donors (Lipinski definition) is 1. The predicted octanol–water partition coefficient (Wildman–Crippen LogP) is 3.55. The highest BCUT2D eigenvalue weighted by Gasteiger charge is 2.61. The van der Waals surface area contributed by atoms with Crippen LogP contribution in [-0.2, 0) is 21.2 Å². The smallest absolute Gasteiger partial charge is 0.226 e. The van der Waals surface area contributed by atoms with Crippen molar-refractivity contribution < 1.29 is 17.6 Å². The van der Waals surface area contributed by atoms with Gasteiger partial charge in [0.05, 0.1) is 12.3 Å². The fourth-order valence-corrected chi connectivity index (χ4v) is 6.28. The summed E-state index contributed by atoms with van der Waals surface area (Å²) < 4.78 is 40.7. The van der Waals surface area contributed by atoms with Crippen LogP contribution >= 0.6 is 0 Å². The van der Waals surface area contributed by atoms with Crippen molar-refractivity contribution >= 4 is 15.9 Å². The zero-order valence-corrected chi connectivity index (χ0v) is 19.0. The second kappa shape index (κ2) is 7.96. The van der Waals surface area contributed by atoms with E-state index in [0.29, 0.717) is 13.0 Å². The Hall–Kier alpha value is -2.25. The van der Waals surface area contributed by atoms with Gasteiger partial charge in [-0.1, -0.05) is 54.6 Å². The number of alkyl halides is 1. The Morgan fingerprint density at radius 1 is 1.09 bits per heavy atom. The van der Waals surface area contributed by atoms with Crippen molar-refractivity contribution in [2.45, 2.75) is 50.4 Å². The number of rotatable bonds is 6. The number of likely N-dealkylation sites (tertiary alicyclic amines) is 1. The summed E-state index contributed by atoms with van der Waals surface area (Å²) in [5, 5.41) is 0. The first-order chi connectivity index (χ1) is 15.2. The molecular formula is C25H29FN2O3S. The molecule has 3 aliphatic rings. The van der Waals surface area contributed by atoms with Gasteiger partial charge in [0.2, 0.25) is 15.9 Å². The second-order valence-corrected chi connectivity index (χ2v) is 11.6. The predicted molar refractivity (Wildman–Crippen MR) is 122 cm³/mol. The van der Waals surface area contributed by atoms with Crippen molar-refractivity contribution in [1.29, 1.82) is 0 Å². The quantitative estimate of drug-likeness (QED) is 0.723. The molecule has 1 spiro atoms. The number of nitrogens with one attached hydrogen (secondary N) is 1. The van der Waals surface area contributed by atoms with Crippen molar-refractivity contribution in [2.24, 2.45) is 11.3 Å². The molecule has 1 amide bonds. The average Bonchev–Trinajstić information content (AvgIpc) is 3.47. The zero-order chi connectivity index (χ0) is 22.5. The van der Waals surface area contributed by atoms with Gasteiger partial charge in [0, 0.05) is 23.9 Å². The highest BCUT2D eigenvalue weighted by molar-refractivity contribution is 7.88. The van der Waals surface area contributed by atoms with E-state index in [1.165, 1.54) is 6.26 Å². The van der Waals surface area contributed by atoms with E-state index < -0.39 is 16.2 Å². The molecule has 0 aromatic heterocycles. The Bertz CT molecular complexity index is 1110. The van der Waals surface area contributed by atoms with Gasteiger partial charge in [-0.25, -0.2) is 17.5 Å². The molecule has 2 aromatic carbocycles. The van der Waals surface area contributed by atoms with E-state index in [0.717, 1.165) is 29.5 Å². The van der Waals surface area contributed by atoms with Crippen LogP contribution in [0.25, 0.3) is 11.1 Å². The standard InChI is InChI=1S/C25H29FN2O3S/c1-32(30,31)27-23-22(13-17-6-5-9-19(12-17)18-7-3-2-4-8-18)28(16-25(23)10-11-25)24(29)20-14-21(26)15-20/h2-9,12,20-23,27H,10-11,13-16H2,1H3/t20-,21-,22?,23?. The summed E-state index contributed by atoms with van der Waals surface area (Å²) in [5.74, 6) is -0.303. The lowest BCUT2D eigenvalue weighted by Gasteiger charge is -2.36. The maximum Gasteiger partial charge on any atom is 0.226 e. The Kier molecular flexibility index (Phi) is 5.37. The van der Waals surface area contributed by atoms with E-state index >= 15 is 0 Å². The molecule has 0 radical (unpaired) electrons. The first-order valence-electron chi connectivity index (χ1n) is 11.3. The van der Waals surface area contributed by atoms with Gasteiger partial charge in [0.15, 0.2) is 0 Å². The minimum absolute atomic E-state index is 0.0211. The van der Waals surface area contributed by atoms with Crippen LogP contribution in [0.4, 0.5) is 4.39 Å². The third-order valence-corrected chi connectivity index (χ3v) is 8.04. The number of amides is 1. The number of benzene rings is 2. The molecule has 5 rings (SSSR count). The molecule has 170 valence electrons. The van der Waals surface area contributed by atoms with Gasteiger partial charge in [-0.2, -0.15) is 0 Å². The summed E-state index contributed by atoms with van der Waals surface area (Å²) in [4.78, 5) is 15.1. The lowest BCUT2D eigenvalue weighted by molar-refractivity contribution is -0.141. The Labute approximate surface area is 189 Å². The minimum Gasteiger partial charge on any atom is -0.337 e. The largest absolute Gasteiger partial charge is 0.337 e. The van der Waals surface area contributed by atoms with Gasteiger partial charge >= 0.3 is 0 Å². The van der Waals surface area contributed by atoms with Crippen LogP contribution < -0.4 is 4.72 Å². The molecule has 7 heteroatoms. The third kappa shape index (κ3) is 4.20. The zero-order valence-electron chi connectivity index (χ0n) is 18.2. The lowest BCUT2D eigenvalue weighted by atomic mass is 9.82. The molecule has 2 aromatic rings. The van der Waals surface area contributed by atoms with Crippen LogP contribution in [0.2, 0.25) is 0 Å². The lowest BCUT2D eigenvalue weighted by Crippen LogP contribution is -2.51. The third-order valence-electron chi connectivity index (χ3n) is 7.36. The van der Waals surface area contributed by atoms with E-state index in [1.807, 2.05) is 35.2 Å². The molecule has 1 saturated heterocycles. The van der Waals surface area contributed by atoms with E-state index in [9.17, 15) is 17.6 Å². The fourth-order valence-electron chi connectivity index (χ4n) is 5.41. The molecule has 3 fully saturated rings. The molecule has 1 N–H and O–H groups in total. The molecule has 2 atom stereocenters. The van der Waals surface area contributed by atoms with Crippen LogP contribution in [-0.4, -0.2) is 50.3 Å². The highest BCUT2D eigenvalue weighted by atomic mass is 32.2. The number of nitrogens with zero attached hydrogens (tertiary/aromatic N) is 1. The maximum absolute atomic E-state index is 13.5. The Balaban J connectivity index is 1.45. The van der Waals surface area contributed by atoms with Gasteiger partial charge < -0.3 is 4.90 Å². The van der Waals surface area contributed by atoms with Crippen LogP contribution in [0.15, 0.2) is 54.6 Å². The van der Waals surface area contributed by atoms with Crippen molar-refractivity contribution in [2.75, 3.05) is 12.8 Å². The number of carbonyl (C=O) groups excluding carboxylic acids is 1. The van der Waals surface area contributed by atoms with Crippen molar-refractivity contribution in [3.05, 3.63) is 60.2 Å². The number of carbonyl (C=O) groups is 1. The SMILES string of the molecule is CS(=O)(=O)NC1C(Cc2cccc(-c3ccccc3)c2)N(C(=O)[C@H]2C[C@H](F)C2)CC12CC2. The summed E-state index contributed by atoms with van der Waals surface area (Å²) in [6.45, 7) is 0.551. The number of halogens is 1. The van der Waals surface area contributed by atoms with E-state index in [-0.39, 0.29) is 42.2 Å². The van der Waals surface area contributed by atoms with Gasteiger partial charge in [-0.05, 0) is 48.8 Å². The average molecular weight is 457 g/mol. The normalized spacial score (nSPS) is 28.5. The maximum atomic E-state index is 13.5. The molecule has 2 saturated carbocycles. The molecule has 1 aliphatic heterocycles. The topological polar surface area (TPSA) is 66.5 Å². The van der Waals surface area contributed by atoms with Gasteiger partial charge in [0.1, 0.15) is 6.17 Å². The van der Waals surface area contributed by atoms with Crippen LogP contribution in [0.5, 0.6) is 0 Å². The molecular weight excluding hydrogens is 427 g/mol. The first-order valence-corrected chi connectivity index (χ1v) is 13.2. The van der Waals surface area contributed by atoms with Crippen molar-refractivity contribution in [3.63, 3.8) is 0 Å². The van der Waals surface area contributed by atoms with E-state index in [2.05, 4.69) is 29.0 Å². The van der Waals surface area contributed by atoms with Crippen LogP contribution in [0.1, 0.15) is 31.2 Å². The second-order valence-electron chi connectivity index (χ2n) is 9.80. The van der Waals surface area contributed by atoms with E-state index in [4.69, 9.17) is 0 Å². The number of sulfonamides is 1. The first kappa shape index (κ1) is 21.6. The summed E-state index contributed by atoms with van der Waals surface area (Å²) >= 11 is 0. The molecule has 2 aliphatic carbocycles.